The summed E-state index contributed by atoms with van der Waals surface area (Å²) in [5.41, 5.74) is -0.933. The van der Waals surface area contributed by atoms with Crippen LogP contribution < -0.4 is 21.9 Å². The number of methoxy groups -OCH3 is 1. The highest BCUT2D eigenvalue weighted by Gasteiger charge is 2.45. The summed E-state index contributed by atoms with van der Waals surface area (Å²) in [6.45, 7) is 6.26. The van der Waals surface area contributed by atoms with E-state index in [9.17, 15) is 24.0 Å². The highest BCUT2D eigenvalue weighted by Crippen LogP contribution is 2.39. The molecule has 0 aromatic carbocycles. The predicted octanol–water partition coefficient (Wildman–Crippen LogP) is 1.70. The summed E-state index contributed by atoms with van der Waals surface area (Å²) in [5, 5.41) is 14.8. The Labute approximate surface area is 227 Å². The van der Waals surface area contributed by atoms with Crippen molar-refractivity contribution in [1.82, 2.24) is 20.2 Å². The zero-order valence-electron chi connectivity index (χ0n) is 23.0. The average Bonchev–Trinajstić information content (AvgIpc) is 3.21. The number of esters is 1. The van der Waals surface area contributed by atoms with Gasteiger partial charge in [0.15, 0.2) is 0 Å². The number of aliphatic carboxylic acids is 1. The highest BCUT2D eigenvalue weighted by atomic mass is 16.6. The molecule has 0 radical (unpaired) electrons. The summed E-state index contributed by atoms with van der Waals surface area (Å²) < 4.78 is 17.6. The number of nitrogens with one attached hydrogen (secondary N) is 3. The number of aromatic nitrogens is 2. The van der Waals surface area contributed by atoms with Gasteiger partial charge in [0, 0.05) is 25.2 Å². The first-order valence-corrected chi connectivity index (χ1v) is 13.6. The molecule has 0 aliphatic carbocycles. The molecule has 220 valence electrons. The Kier molecular flexibility index (Phi) is 13.7. The Hall–Kier alpha value is -3.19. The van der Waals surface area contributed by atoms with Gasteiger partial charge < -0.3 is 34.5 Å². The van der Waals surface area contributed by atoms with E-state index >= 15 is 0 Å². The van der Waals surface area contributed by atoms with Crippen LogP contribution in [-0.2, 0) is 30.3 Å². The van der Waals surface area contributed by atoms with Crippen LogP contribution in [0, 0.1) is 5.92 Å². The topological polar surface area (TPSA) is 178 Å². The van der Waals surface area contributed by atoms with Crippen LogP contribution in [0.3, 0.4) is 0 Å². The molecule has 4 atom stereocenters. The quantitative estimate of drug-likeness (QED) is 0.164. The molecule has 0 bridgehead atoms. The first-order chi connectivity index (χ1) is 18.7. The van der Waals surface area contributed by atoms with Crippen LogP contribution in [0.4, 0.5) is 4.79 Å². The molecule has 1 aliphatic heterocycles. The van der Waals surface area contributed by atoms with Gasteiger partial charge in [-0.2, -0.15) is 0 Å². The van der Waals surface area contributed by atoms with Crippen molar-refractivity contribution in [2.24, 2.45) is 5.92 Å². The van der Waals surface area contributed by atoms with Crippen LogP contribution in [0.2, 0.25) is 0 Å². The average molecular weight is 555 g/mol. The predicted molar refractivity (Wildman–Crippen MR) is 142 cm³/mol. The van der Waals surface area contributed by atoms with Gasteiger partial charge in [-0.25, -0.2) is 9.59 Å². The standard InChI is InChI=1S/C26H42N4O9/c1-4-19-17(2)22(39-21(33)11-10-20(31)32)23(38-19)18-16-30(25(35)29-24(18)34)15-9-13-27-12-7-5-6-8-14-28-26(36)37-3/h16-17,19,22-23,27H,4-15H2,1-3H3,(H,28,36)(H,31,32)(H,29,34,35)/t17?,19-,22+,23+/m1/s1. The van der Waals surface area contributed by atoms with Crippen molar-refractivity contribution >= 4 is 18.0 Å². The number of carboxylic acid groups (broad SMARTS) is 1. The number of aryl methyl sites for hydroxylation is 1. The zero-order chi connectivity index (χ0) is 28.8. The molecule has 1 fully saturated rings. The number of rotatable bonds is 17. The lowest BCUT2D eigenvalue weighted by Crippen LogP contribution is -2.36. The Morgan fingerprint density at radius 2 is 1.77 bits per heavy atom. The van der Waals surface area contributed by atoms with Crippen LogP contribution in [-0.4, -0.2) is 71.6 Å². The third-order valence-corrected chi connectivity index (χ3v) is 6.77. The first kappa shape index (κ1) is 32.0. The van der Waals surface area contributed by atoms with E-state index in [0.29, 0.717) is 32.5 Å². The number of H-pyrrole nitrogens is 1. The number of alkyl carbamates (subject to hydrolysis) is 1. The molecule has 0 saturated carbocycles. The SMILES string of the molecule is CC[C@H]1O[C@@H](c2cn(CCCNCCCCCCNC(=O)OC)c(=O)[nH]c2=O)[C@@H](OC(=O)CCC(=O)O)C1C. The summed E-state index contributed by atoms with van der Waals surface area (Å²) in [7, 11) is 1.34. The Morgan fingerprint density at radius 1 is 1.08 bits per heavy atom. The van der Waals surface area contributed by atoms with Crippen LogP contribution >= 0.6 is 0 Å². The van der Waals surface area contributed by atoms with E-state index in [1.807, 2.05) is 13.8 Å². The van der Waals surface area contributed by atoms with Gasteiger partial charge in [-0.3, -0.25) is 19.4 Å². The maximum absolute atomic E-state index is 12.7. The minimum Gasteiger partial charge on any atom is -0.481 e. The van der Waals surface area contributed by atoms with E-state index in [2.05, 4.69) is 20.4 Å². The summed E-state index contributed by atoms with van der Waals surface area (Å²) in [5.74, 6) is -2.00. The molecule has 39 heavy (non-hydrogen) atoms. The molecule has 2 heterocycles. The molecule has 1 unspecified atom stereocenters. The third-order valence-electron chi connectivity index (χ3n) is 6.77. The number of amides is 1. The van der Waals surface area contributed by atoms with Gasteiger partial charge in [-0.1, -0.05) is 26.7 Å². The van der Waals surface area contributed by atoms with E-state index < -0.39 is 41.5 Å². The number of hydrogen-bond acceptors (Lipinski definition) is 9. The Morgan fingerprint density at radius 3 is 2.44 bits per heavy atom. The van der Waals surface area contributed by atoms with E-state index in [-0.39, 0.29) is 30.4 Å². The van der Waals surface area contributed by atoms with E-state index in [0.717, 1.165) is 32.2 Å². The third kappa shape index (κ3) is 10.5. The van der Waals surface area contributed by atoms with Crippen molar-refractivity contribution in [2.45, 2.75) is 90.1 Å². The molecule has 2 rings (SSSR count). The molecule has 4 N–H and O–H groups in total. The van der Waals surface area contributed by atoms with E-state index in [4.69, 9.17) is 14.6 Å². The number of nitrogens with zero attached hydrogens (tertiary/aromatic N) is 1. The molecule has 13 nitrogen and oxygen atoms in total. The zero-order valence-corrected chi connectivity index (χ0v) is 23.0. The minimum atomic E-state index is -1.10. The first-order valence-electron chi connectivity index (χ1n) is 13.6. The molecule has 1 aromatic heterocycles. The molecule has 1 aliphatic rings. The number of aromatic amines is 1. The van der Waals surface area contributed by atoms with Crippen LogP contribution in [0.1, 0.15) is 76.9 Å². The van der Waals surface area contributed by atoms with Crippen molar-refractivity contribution in [3.8, 4) is 0 Å². The maximum atomic E-state index is 12.7. The molecular formula is C26H42N4O9. The highest BCUT2D eigenvalue weighted by molar-refractivity contribution is 5.76. The summed E-state index contributed by atoms with van der Waals surface area (Å²) in [6, 6.07) is 0. The lowest BCUT2D eigenvalue weighted by Gasteiger charge is -2.22. The summed E-state index contributed by atoms with van der Waals surface area (Å²) >= 11 is 0. The van der Waals surface area contributed by atoms with Gasteiger partial charge in [0.25, 0.3) is 5.56 Å². The lowest BCUT2D eigenvalue weighted by atomic mass is 9.94. The number of ether oxygens (including phenoxy) is 3. The number of carboxylic acids is 1. The monoisotopic (exact) mass is 554 g/mol. The second-order valence-electron chi connectivity index (χ2n) is 9.68. The molecule has 13 heteroatoms. The molecule has 1 amide bonds. The fourth-order valence-corrected chi connectivity index (χ4v) is 4.57. The van der Waals surface area contributed by atoms with Gasteiger partial charge >= 0.3 is 23.7 Å². The molecule has 1 aromatic rings. The normalized spacial score (nSPS) is 20.5. The summed E-state index contributed by atoms with van der Waals surface area (Å²) in [4.78, 5) is 61.5. The second kappa shape index (κ2) is 16.7. The fraction of sp³-hybridized carbons (Fsp3) is 0.731. The lowest BCUT2D eigenvalue weighted by molar-refractivity contribution is -0.155. The number of carbonyl (C=O) groups excluding carboxylic acids is 2. The van der Waals surface area contributed by atoms with Crippen molar-refractivity contribution in [1.29, 1.82) is 0 Å². The van der Waals surface area contributed by atoms with Crippen molar-refractivity contribution in [2.75, 3.05) is 26.7 Å². The van der Waals surface area contributed by atoms with Crippen molar-refractivity contribution < 1.29 is 33.7 Å². The number of unbranched alkanes of at least 4 members (excludes halogenated alkanes) is 3. The van der Waals surface area contributed by atoms with E-state index in [1.165, 1.54) is 17.9 Å². The maximum Gasteiger partial charge on any atom is 0.406 e. The Balaban J connectivity index is 1.88. The van der Waals surface area contributed by atoms with Crippen LogP contribution in [0.25, 0.3) is 0 Å². The molecule has 0 spiro atoms. The van der Waals surface area contributed by atoms with Gasteiger partial charge in [-0.15, -0.1) is 0 Å². The van der Waals surface area contributed by atoms with Gasteiger partial charge in [0.2, 0.25) is 0 Å². The van der Waals surface area contributed by atoms with Crippen molar-refractivity contribution in [3.63, 3.8) is 0 Å². The fourth-order valence-electron chi connectivity index (χ4n) is 4.57. The molecular weight excluding hydrogens is 512 g/mol. The number of carbonyl (C=O) groups is 3. The van der Waals surface area contributed by atoms with Gasteiger partial charge in [0.1, 0.15) is 12.2 Å². The summed E-state index contributed by atoms with van der Waals surface area (Å²) in [6.07, 6.45) is 3.70. The van der Waals surface area contributed by atoms with Crippen molar-refractivity contribution in [3.05, 3.63) is 32.6 Å². The van der Waals surface area contributed by atoms with Crippen LogP contribution in [0.15, 0.2) is 15.8 Å². The largest absolute Gasteiger partial charge is 0.481 e. The van der Waals surface area contributed by atoms with Gasteiger partial charge in [0.05, 0.1) is 31.6 Å². The van der Waals surface area contributed by atoms with E-state index in [1.54, 1.807) is 0 Å². The van der Waals surface area contributed by atoms with Crippen LogP contribution in [0.5, 0.6) is 0 Å². The Bertz CT molecular complexity index is 1050. The minimum absolute atomic E-state index is 0.197. The second-order valence-corrected chi connectivity index (χ2v) is 9.68. The van der Waals surface area contributed by atoms with Gasteiger partial charge in [-0.05, 0) is 38.8 Å². The number of hydrogen-bond donors (Lipinski definition) is 4. The smallest absolute Gasteiger partial charge is 0.406 e. The molecule has 1 saturated heterocycles.